The van der Waals surface area contributed by atoms with Crippen LogP contribution in [0.4, 0.5) is 5.82 Å². The number of rotatable bonds is 3. The molecule has 0 amide bonds. The minimum Gasteiger partial charge on any atom is -0.355 e. The van der Waals surface area contributed by atoms with E-state index in [0.29, 0.717) is 11.8 Å². The summed E-state index contributed by atoms with van der Waals surface area (Å²) in [5, 5.41) is 4.40. The first-order chi connectivity index (χ1) is 12.4. The van der Waals surface area contributed by atoms with Gasteiger partial charge >= 0.3 is 0 Å². The largest absolute Gasteiger partial charge is 0.355 e. The van der Waals surface area contributed by atoms with Gasteiger partial charge in [0.05, 0.1) is 5.69 Å². The molecule has 0 radical (unpaired) electrons. The van der Waals surface area contributed by atoms with Crippen LogP contribution in [-0.2, 0) is 0 Å². The number of benzene rings is 1. The van der Waals surface area contributed by atoms with E-state index in [0.717, 1.165) is 43.3 Å². The normalized spacial score (nSPS) is 20.8. The predicted molar refractivity (Wildman–Crippen MR) is 97.5 cm³/mol. The van der Waals surface area contributed by atoms with Crippen LogP contribution in [0.15, 0.2) is 54.9 Å². The van der Waals surface area contributed by atoms with Crippen molar-refractivity contribution < 1.29 is 0 Å². The van der Waals surface area contributed by atoms with Gasteiger partial charge in [0.2, 0.25) is 0 Å². The number of anilines is 1. The Morgan fingerprint density at radius 3 is 2.72 bits per heavy atom. The highest BCUT2D eigenvalue weighted by atomic mass is 15.4. The van der Waals surface area contributed by atoms with Gasteiger partial charge < -0.3 is 4.90 Å². The topological polar surface area (TPSA) is 49.6 Å². The van der Waals surface area contributed by atoms with Crippen LogP contribution in [-0.4, -0.2) is 56.7 Å². The third-order valence-corrected chi connectivity index (χ3v) is 5.15. The maximum atomic E-state index is 4.68. The van der Waals surface area contributed by atoms with Crippen LogP contribution in [0.1, 0.15) is 6.42 Å². The Labute approximate surface area is 146 Å². The van der Waals surface area contributed by atoms with Crippen LogP contribution in [0, 0.1) is 0 Å². The van der Waals surface area contributed by atoms with Gasteiger partial charge in [0.1, 0.15) is 12.1 Å². The summed E-state index contributed by atoms with van der Waals surface area (Å²) < 4.78 is 1.86. The van der Waals surface area contributed by atoms with Crippen molar-refractivity contribution in [3.63, 3.8) is 0 Å². The van der Waals surface area contributed by atoms with Crippen molar-refractivity contribution in [3.8, 4) is 11.3 Å². The maximum absolute atomic E-state index is 4.68. The molecule has 0 N–H and O–H groups in total. The zero-order chi connectivity index (χ0) is 16.6. The molecule has 6 nitrogen and oxygen atoms in total. The molecule has 4 heterocycles. The van der Waals surface area contributed by atoms with E-state index in [1.165, 1.54) is 6.42 Å². The van der Waals surface area contributed by atoms with Crippen molar-refractivity contribution in [1.82, 2.24) is 24.5 Å². The fourth-order valence-corrected chi connectivity index (χ4v) is 3.82. The smallest absolute Gasteiger partial charge is 0.254 e. The summed E-state index contributed by atoms with van der Waals surface area (Å²) in [6.45, 7) is 4.20. The second-order valence-electron chi connectivity index (χ2n) is 6.65. The molecule has 0 spiro atoms. The van der Waals surface area contributed by atoms with E-state index in [1.54, 1.807) is 6.33 Å². The summed E-state index contributed by atoms with van der Waals surface area (Å²) in [5.74, 6) is 1.73. The third-order valence-electron chi connectivity index (χ3n) is 5.15. The molecule has 6 heteroatoms. The van der Waals surface area contributed by atoms with Crippen LogP contribution in [0.3, 0.4) is 0 Å². The molecule has 0 bridgehead atoms. The summed E-state index contributed by atoms with van der Waals surface area (Å²) in [6, 6.07) is 13.0. The van der Waals surface area contributed by atoms with Crippen molar-refractivity contribution in [2.75, 3.05) is 31.1 Å². The number of hydrogen-bond donors (Lipinski definition) is 0. The number of nitrogens with zero attached hydrogens (tertiary/aromatic N) is 6. The van der Waals surface area contributed by atoms with Crippen molar-refractivity contribution >= 4 is 11.6 Å². The highest BCUT2D eigenvalue weighted by Crippen LogP contribution is 2.27. The lowest BCUT2D eigenvalue weighted by atomic mass is 10.1. The Morgan fingerprint density at radius 1 is 1.04 bits per heavy atom. The Kier molecular flexibility index (Phi) is 3.48. The Balaban J connectivity index is 1.51. The third kappa shape index (κ3) is 2.59. The van der Waals surface area contributed by atoms with Crippen molar-refractivity contribution in [1.29, 1.82) is 0 Å². The molecule has 1 saturated heterocycles. The molecule has 3 aromatic rings. The van der Waals surface area contributed by atoms with E-state index in [1.807, 2.05) is 22.7 Å². The molecule has 1 aromatic carbocycles. The van der Waals surface area contributed by atoms with Crippen LogP contribution >= 0.6 is 0 Å². The Bertz CT molecular complexity index is 908. The molecular weight excluding hydrogens is 312 g/mol. The van der Waals surface area contributed by atoms with Gasteiger partial charge in [0, 0.05) is 43.9 Å². The summed E-state index contributed by atoms with van der Waals surface area (Å²) in [7, 11) is 0. The molecule has 0 aliphatic carbocycles. The van der Waals surface area contributed by atoms with Gasteiger partial charge in [-0.2, -0.15) is 14.6 Å². The average Bonchev–Trinajstić information content (AvgIpc) is 3.41. The van der Waals surface area contributed by atoms with Crippen LogP contribution in [0.5, 0.6) is 0 Å². The summed E-state index contributed by atoms with van der Waals surface area (Å²) in [5.41, 5.74) is 2.05. The van der Waals surface area contributed by atoms with Gasteiger partial charge in [0.15, 0.2) is 0 Å². The van der Waals surface area contributed by atoms with E-state index in [2.05, 4.69) is 55.2 Å². The van der Waals surface area contributed by atoms with E-state index in [9.17, 15) is 0 Å². The predicted octanol–water partition coefficient (Wildman–Crippen LogP) is 2.24. The number of aromatic nitrogens is 4. The molecule has 2 aliphatic rings. The van der Waals surface area contributed by atoms with Gasteiger partial charge in [-0.15, -0.1) is 0 Å². The molecule has 25 heavy (non-hydrogen) atoms. The molecular formula is C19H20N6. The molecule has 5 rings (SSSR count). The minimum atomic E-state index is 0.599. The lowest BCUT2D eigenvalue weighted by molar-refractivity contribution is 0.271. The van der Waals surface area contributed by atoms with Crippen LogP contribution in [0.2, 0.25) is 0 Å². The fourth-order valence-electron chi connectivity index (χ4n) is 3.82. The molecule has 2 aliphatic heterocycles. The van der Waals surface area contributed by atoms with Crippen molar-refractivity contribution in [3.05, 3.63) is 54.9 Å². The number of hydrogen-bond acceptors (Lipinski definition) is 5. The zero-order valence-electron chi connectivity index (χ0n) is 14.0. The lowest BCUT2D eigenvalue weighted by Gasteiger charge is -2.24. The SMILES string of the molecule is C1=CCN(C2CCN(c3cc(-c4ccccc4)nc4ncnn34)C2)C1. The summed E-state index contributed by atoms with van der Waals surface area (Å²) >= 11 is 0. The van der Waals surface area contributed by atoms with Gasteiger partial charge in [-0.05, 0) is 6.42 Å². The fraction of sp³-hybridized carbons (Fsp3) is 0.316. The van der Waals surface area contributed by atoms with Crippen LogP contribution < -0.4 is 4.90 Å². The van der Waals surface area contributed by atoms with Gasteiger partial charge in [0.25, 0.3) is 5.78 Å². The Morgan fingerprint density at radius 2 is 1.88 bits per heavy atom. The molecule has 2 aromatic heterocycles. The Hall–Kier alpha value is -2.73. The minimum absolute atomic E-state index is 0.599. The van der Waals surface area contributed by atoms with Crippen LogP contribution in [0.25, 0.3) is 17.0 Å². The van der Waals surface area contributed by atoms with Gasteiger partial charge in [-0.1, -0.05) is 42.5 Å². The first-order valence-electron chi connectivity index (χ1n) is 8.79. The molecule has 126 valence electrons. The zero-order valence-corrected chi connectivity index (χ0v) is 14.0. The van der Waals surface area contributed by atoms with E-state index >= 15 is 0 Å². The highest BCUT2D eigenvalue weighted by molar-refractivity contribution is 5.65. The monoisotopic (exact) mass is 332 g/mol. The second-order valence-corrected chi connectivity index (χ2v) is 6.65. The summed E-state index contributed by atoms with van der Waals surface area (Å²) in [4.78, 5) is 14.0. The first kappa shape index (κ1) is 14.6. The van der Waals surface area contributed by atoms with E-state index in [4.69, 9.17) is 0 Å². The molecule has 1 atom stereocenters. The highest BCUT2D eigenvalue weighted by Gasteiger charge is 2.29. The van der Waals surface area contributed by atoms with Crippen molar-refractivity contribution in [2.45, 2.75) is 12.5 Å². The quantitative estimate of drug-likeness (QED) is 0.689. The van der Waals surface area contributed by atoms with E-state index in [-0.39, 0.29) is 0 Å². The van der Waals surface area contributed by atoms with Gasteiger partial charge in [-0.25, -0.2) is 4.98 Å². The van der Waals surface area contributed by atoms with E-state index < -0.39 is 0 Å². The second kappa shape index (κ2) is 5.97. The molecule has 1 fully saturated rings. The standard InChI is InChI=1S/C19H20N6/c1-2-6-15(7-3-1)17-12-18(25-19(22-17)20-14-21-25)24-11-8-16(13-24)23-9-4-5-10-23/h1-7,12,14,16H,8-11,13H2. The average molecular weight is 332 g/mol. The molecule has 0 saturated carbocycles. The first-order valence-corrected chi connectivity index (χ1v) is 8.79. The number of fused-ring (bicyclic) bond motifs is 1. The summed E-state index contributed by atoms with van der Waals surface area (Å²) in [6.07, 6.45) is 7.29. The van der Waals surface area contributed by atoms with Crippen molar-refractivity contribution in [2.24, 2.45) is 0 Å². The lowest BCUT2D eigenvalue weighted by Crippen LogP contribution is -2.36. The maximum Gasteiger partial charge on any atom is 0.254 e. The van der Waals surface area contributed by atoms with Gasteiger partial charge in [-0.3, -0.25) is 4.90 Å². The molecule has 1 unspecified atom stereocenters.